The van der Waals surface area contributed by atoms with E-state index in [0.29, 0.717) is 11.1 Å². The summed E-state index contributed by atoms with van der Waals surface area (Å²) in [6.45, 7) is 3.28. The largest absolute Gasteiger partial charge is 0.360 e. The molecule has 19 heavy (non-hydrogen) atoms. The first-order valence-electron chi connectivity index (χ1n) is 6.00. The normalized spacial score (nSPS) is 14.3. The molecule has 1 fully saturated rings. The van der Waals surface area contributed by atoms with Crippen molar-refractivity contribution < 1.29 is 9.85 Å². The van der Waals surface area contributed by atoms with Crippen molar-refractivity contribution in [3.8, 4) is 0 Å². The van der Waals surface area contributed by atoms with Gasteiger partial charge in [-0.15, -0.1) is 0 Å². The first-order chi connectivity index (χ1) is 8.84. The van der Waals surface area contributed by atoms with Crippen LogP contribution in [0.4, 0.5) is 17.1 Å². The zero-order valence-electron chi connectivity index (χ0n) is 11.0. The van der Waals surface area contributed by atoms with Crippen LogP contribution in [0, 0.1) is 34.1 Å². The molecule has 1 aliphatic rings. The van der Waals surface area contributed by atoms with Crippen LogP contribution in [0.2, 0.25) is 0 Å². The first-order valence-corrected chi connectivity index (χ1v) is 6.00. The monoisotopic (exact) mass is 265 g/mol. The number of aryl methyl sites for hydroxylation is 1. The number of nitro groups is 2. The lowest BCUT2D eigenvalue weighted by molar-refractivity contribution is -0.393. The Hall–Kier alpha value is -2.18. The molecule has 1 aromatic rings. The molecule has 0 saturated heterocycles. The molecular weight excluding hydrogens is 250 g/mol. The zero-order chi connectivity index (χ0) is 14.3. The van der Waals surface area contributed by atoms with Gasteiger partial charge in [-0.1, -0.05) is 0 Å². The molecule has 0 heterocycles. The summed E-state index contributed by atoms with van der Waals surface area (Å²) in [6, 6.07) is 1.58. The number of anilines is 1. The molecular formula is C12H15N3O4. The van der Waals surface area contributed by atoms with E-state index in [4.69, 9.17) is 0 Å². The molecule has 102 valence electrons. The third-order valence-electron chi connectivity index (χ3n) is 3.59. The number of hydrogen-bond donors (Lipinski definition) is 0. The summed E-state index contributed by atoms with van der Waals surface area (Å²) in [5.74, 6) is 0. The predicted octanol–water partition coefficient (Wildman–Crippen LogP) is 2.72. The van der Waals surface area contributed by atoms with Gasteiger partial charge in [0.1, 0.15) is 0 Å². The van der Waals surface area contributed by atoms with Crippen LogP contribution in [-0.2, 0) is 0 Å². The van der Waals surface area contributed by atoms with Gasteiger partial charge in [0.05, 0.1) is 9.85 Å². The molecule has 7 nitrogen and oxygen atoms in total. The maximum absolute atomic E-state index is 11.3. The van der Waals surface area contributed by atoms with E-state index in [0.717, 1.165) is 12.8 Å². The van der Waals surface area contributed by atoms with E-state index < -0.39 is 9.85 Å². The lowest BCUT2D eigenvalue weighted by atomic mass is 10.0. The highest BCUT2D eigenvalue weighted by Gasteiger charge is 2.37. The van der Waals surface area contributed by atoms with Crippen molar-refractivity contribution in [2.75, 3.05) is 11.9 Å². The maximum atomic E-state index is 11.3. The lowest BCUT2D eigenvalue weighted by Gasteiger charge is -2.19. The summed E-state index contributed by atoms with van der Waals surface area (Å²) >= 11 is 0. The van der Waals surface area contributed by atoms with Crippen molar-refractivity contribution in [1.29, 1.82) is 0 Å². The Balaban J connectivity index is 2.73. The average molecular weight is 265 g/mol. The number of hydrogen-bond acceptors (Lipinski definition) is 5. The molecule has 0 aliphatic heterocycles. The van der Waals surface area contributed by atoms with E-state index in [2.05, 4.69) is 0 Å². The molecule has 0 radical (unpaired) electrons. The smallest absolute Gasteiger partial charge is 0.302 e. The number of nitrogens with zero attached hydrogens (tertiary/aromatic N) is 3. The summed E-state index contributed by atoms with van der Waals surface area (Å²) in [5.41, 5.74) is 0.829. The second kappa shape index (κ2) is 4.49. The highest BCUT2D eigenvalue weighted by molar-refractivity contribution is 5.79. The van der Waals surface area contributed by atoms with Crippen LogP contribution in [0.25, 0.3) is 0 Å². The van der Waals surface area contributed by atoms with Gasteiger partial charge in [-0.2, -0.15) is 0 Å². The minimum Gasteiger partial charge on any atom is -0.360 e. The molecule has 1 aliphatic carbocycles. The Bertz CT molecular complexity index is 567. The summed E-state index contributed by atoms with van der Waals surface area (Å²) in [5, 5.41) is 22.4. The molecule has 1 aromatic carbocycles. The van der Waals surface area contributed by atoms with Gasteiger partial charge in [0, 0.05) is 24.7 Å². The van der Waals surface area contributed by atoms with Gasteiger partial charge in [0.2, 0.25) is 0 Å². The number of rotatable bonds is 4. The van der Waals surface area contributed by atoms with Crippen LogP contribution in [0.3, 0.4) is 0 Å². The van der Waals surface area contributed by atoms with Gasteiger partial charge in [-0.05, 0) is 32.3 Å². The highest BCUT2D eigenvalue weighted by atomic mass is 16.6. The molecule has 7 heteroatoms. The lowest BCUT2D eigenvalue weighted by Crippen LogP contribution is -2.22. The maximum Gasteiger partial charge on any atom is 0.302 e. The Morgan fingerprint density at radius 3 is 2.21 bits per heavy atom. The molecule has 1 saturated carbocycles. The van der Waals surface area contributed by atoms with Crippen LogP contribution >= 0.6 is 0 Å². The topological polar surface area (TPSA) is 89.5 Å². The second-order valence-corrected chi connectivity index (χ2v) is 4.89. The van der Waals surface area contributed by atoms with Crippen LogP contribution in [0.5, 0.6) is 0 Å². The van der Waals surface area contributed by atoms with Crippen molar-refractivity contribution in [2.45, 2.75) is 32.7 Å². The van der Waals surface area contributed by atoms with Gasteiger partial charge >= 0.3 is 5.69 Å². The Morgan fingerprint density at radius 1 is 1.21 bits per heavy atom. The fourth-order valence-electron chi connectivity index (χ4n) is 2.22. The zero-order valence-corrected chi connectivity index (χ0v) is 11.0. The Morgan fingerprint density at radius 2 is 1.79 bits per heavy atom. The van der Waals surface area contributed by atoms with Crippen LogP contribution in [-0.4, -0.2) is 22.9 Å². The fraction of sp³-hybridized carbons (Fsp3) is 0.500. The van der Waals surface area contributed by atoms with Gasteiger partial charge in [-0.25, -0.2) is 0 Å². The molecule has 0 amide bonds. The Labute approximate surface area is 110 Å². The molecule has 0 bridgehead atoms. The van der Waals surface area contributed by atoms with Gasteiger partial charge in [0.25, 0.3) is 5.69 Å². The molecule has 0 N–H and O–H groups in total. The van der Waals surface area contributed by atoms with Crippen molar-refractivity contribution >= 4 is 17.1 Å². The van der Waals surface area contributed by atoms with Gasteiger partial charge < -0.3 is 4.90 Å². The third kappa shape index (κ3) is 2.23. The molecule has 0 unspecified atom stereocenters. The third-order valence-corrected chi connectivity index (χ3v) is 3.59. The average Bonchev–Trinajstić information content (AvgIpc) is 3.14. The number of nitro benzene ring substituents is 2. The second-order valence-electron chi connectivity index (χ2n) is 4.89. The van der Waals surface area contributed by atoms with E-state index in [1.54, 1.807) is 25.8 Å². The molecule has 0 spiro atoms. The number of benzene rings is 1. The predicted molar refractivity (Wildman–Crippen MR) is 70.6 cm³/mol. The van der Waals surface area contributed by atoms with E-state index >= 15 is 0 Å². The van der Waals surface area contributed by atoms with Crippen LogP contribution < -0.4 is 4.90 Å². The standard InChI is InChI=1S/C12H15N3O4/c1-7-6-10(14(16)17)12(13(3)9-4-5-9)11(8(7)2)15(18)19/h6,9H,4-5H2,1-3H3. The minimum absolute atomic E-state index is 0.126. The van der Waals surface area contributed by atoms with Crippen molar-refractivity contribution in [3.63, 3.8) is 0 Å². The van der Waals surface area contributed by atoms with E-state index in [9.17, 15) is 20.2 Å². The fourth-order valence-corrected chi connectivity index (χ4v) is 2.22. The minimum atomic E-state index is -0.548. The summed E-state index contributed by atoms with van der Waals surface area (Å²) in [6.07, 6.45) is 1.83. The van der Waals surface area contributed by atoms with Crippen molar-refractivity contribution in [2.24, 2.45) is 0 Å². The van der Waals surface area contributed by atoms with E-state index in [-0.39, 0.29) is 23.1 Å². The van der Waals surface area contributed by atoms with Gasteiger partial charge in [-0.3, -0.25) is 20.2 Å². The quantitative estimate of drug-likeness (QED) is 0.616. The SMILES string of the molecule is Cc1cc([N+](=O)[O-])c(N(C)C2CC2)c([N+](=O)[O-])c1C. The summed E-state index contributed by atoms with van der Waals surface area (Å²) in [7, 11) is 1.68. The first kappa shape index (κ1) is 13.3. The van der Waals surface area contributed by atoms with Crippen LogP contribution in [0.15, 0.2) is 6.07 Å². The molecule has 0 atom stereocenters. The summed E-state index contributed by atoms with van der Waals surface area (Å²) < 4.78 is 0. The molecule has 0 aromatic heterocycles. The summed E-state index contributed by atoms with van der Waals surface area (Å²) in [4.78, 5) is 23.0. The Kier molecular flexibility index (Phi) is 3.13. The van der Waals surface area contributed by atoms with Crippen molar-refractivity contribution in [3.05, 3.63) is 37.4 Å². The van der Waals surface area contributed by atoms with E-state index in [1.807, 2.05) is 0 Å². The highest BCUT2D eigenvalue weighted by Crippen LogP contribution is 2.44. The van der Waals surface area contributed by atoms with Crippen LogP contribution in [0.1, 0.15) is 24.0 Å². The van der Waals surface area contributed by atoms with E-state index in [1.165, 1.54) is 6.07 Å². The van der Waals surface area contributed by atoms with Gasteiger partial charge in [0.15, 0.2) is 5.69 Å². The van der Waals surface area contributed by atoms with Crippen molar-refractivity contribution in [1.82, 2.24) is 0 Å². The molecule has 2 rings (SSSR count).